The molecule has 2 aliphatic heterocycles. The lowest BCUT2D eigenvalue weighted by Crippen LogP contribution is -2.59. The Morgan fingerprint density at radius 3 is 2.65 bits per heavy atom. The van der Waals surface area contributed by atoms with E-state index < -0.39 is 0 Å². The monoisotopic (exact) mass is 276 g/mol. The summed E-state index contributed by atoms with van der Waals surface area (Å²) in [5.41, 5.74) is 0. The molecule has 0 aliphatic carbocycles. The Balaban J connectivity index is 1.66. The van der Waals surface area contributed by atoms with E-state index in [9.17, 15) is 0 Å². The fourth-order valence-corrected chi connectivity index (χ4v) is 4.39. The van der Waals surface area contributed by atoms with Crippen LogP contribution in [0.5, 0.6) is 0 Å². The molecule has 3 unspecified atom stereocenters. The standard InChI is InChI=1S/C16H28N4/c1-3-18-14-9-15-5-4-6-16(10-14)20(15)13(2)11-19-8-7-17-12-19/h7-8,12-16,18H,3-6,9-11H2,1-2H3. The van der Waals surface area contributed by atoms with Crippen LogP contribution in [-0.2, 0) is 6.54 Å². The third-order valence-electron chi connectivity index (χ3n) is 5.07. The molecule has 2 fully saturated rings. The van der Waals surface area contributed by atoms with Crippen LogP contribution in [0.3, 0.4) is 0 Å². The van der Waals surface area contributed by atoms with Gasteiger partial charge in [-0.1, -0.05) is 13.3 Å². The van der Waals surface area contributed by atoms with Gasteiger partial charge in [0.1, 0.15) is 0 Å². The van der Waals surface area contributed by atoms with E-state index in [0.717, 1.165) is 31.2 Å². The Bertz CT molecular complexity index is 389. The van der Waals surface area contributed by atoms with Crippen LogP contribution in [0, 0.1) is 0 Å². The number of nitrogens with one attached hydrogen (secondary N) is 1. The summed E-state index contributed by atoms with van der Waals surface area (Å²) in [4.78, 5) is 6.98. The maximum absolute atomic E-state index is 4.16. The largest absolute Gasteiger partial charge is 0.336 e. The second-order valence-electron chi connectivity index (χ2n) is 6.52. The average molecular weight is 276 g/mol. The molecule has 0 spiro atoms. The van der Waals surface area contributed by atoms with Crippen LogP contribution in [0.4, 0.5) is 0 Å². The van der Waals surface area contributed by atoms with Crippen LogP contribution >= 0.6 is 0 Å². The Morgan fingerprint density at radius 1 is 1.30 bits per heavy atom. The van der Waals surface area contributed by atoms with Crippen LogP contribution in [0.1, 0.15) is 46.0 Å². The molecule has 20 heavy (non-hydrogen) atoms. The lowest BCUT2D eigenvalue weighted by molar-refractivity contribution is -0.00997. The number of hydrogen-bond donors (Lipinski definition) is 1. The van der Waals surface area contributed by atoms with Gasteiger partial charge in [-0.05, 0) is 39.2 Å². The highest BCUT2D eigenvalue weighted by molar-refractivity contribution is 4.97. The minimum Gasteiger partial charge on any atom is -0.336 e. The molecule has 112 valence electrons. The number of imidazole rings is 1. The first-order chi connectivity index (χ1) is 9.78. The predicted molar refractivity (Wildman–Crippen MR) is 81.7 cm³/mol. The van der Waals surface area contributed by atoms with E-state index in [1.54, 1.807) is 0 Å². The zero-order valence-corrected chi connectivity index (χ0v) is 12.8. The van der Waals surface area contributed by atoms with Crippen LogP contribution in [0.15, 0.2) is 18.7 Å². The topological polar surface area (TPSA) is 33.1 Å². The Hall–Kier alpha value is -0.870. The van der Waals surface area contributed by atoms with Crippen LogP contribution in [0.2, 0.25) is 0 Å². The molecular weight excluding hydrogens is 248 g/mol. The third kappa shape index (κ3) is 2.91. The molecule has 4 heteroatoms. The van der Waals surface area contributed by atoms with E-state index in [1.165, 1.54) is 32.1 Å². The smallest absolute Gasteiger partial charge is 0.0946 e. The first kappa shape index (κ1) is 14.1. The lowest BCUT2D eigenvalue weighted by Gasteiger charge is -2.51. The Labute approximate surface area is 122 Å². The molecule has 3 atom stereocenters. The average Bonchev–Trinajstić information content (AvgIpc) is 2.90. The van der Waals surface area contributed by atoms with Gasteiger partial charge >= 0.3 is 0 Å². The zero-order chi connectivity index (χ0) is 13.9. The maximum Gasteiger partial charge on any atom is 0.0946 e. The van der Waals surface area contributed by atoms with Gasteiger partial charge in [-0.3, -0.25) is 4.90 Å². The summed E-state index contributed by atoms with van der Waals surface area (Å²) in [5, 5.41) is 3.68. The number of piperidine rings is 2. The Kier molecular flexibility index (Phi) is 4.41. The normalized spacial score (nSPS) is 32.2. The fourth-order valence-electron chi connectivity index (χ4n) is 4.39. The fraction of sp³-hybridized carbons (Fsp3) is 0.812. The molecule has 0 aromatic carbocycles. The van der Waals surface area contributed by atoms with Crippen molar-refractivity contribution in [2.75, 3.05) is 6.54 Å². The minimum absolute atomic E-state index is 0.613. The van der Waals surface area contributed by atoms with Crippen molar-refractivity contribution in [2.24, 2.45) is 0 Å². The highest BCUT2D eigenvalue weighted by Gasteiger charge is 2.39. The number of fused-ring (bicyclic) bond motifs is 2. The molecule has 0 amide bonds. The van der Waals surface area contributed by atoms with E-state index in [1.807, 2.05) is 12.5 Å². The van der Waals surface area contributed by atoms with E-state index in [4.69, 9.17) is 0 Å². The maximum atomic E-state index is 4.16. The zero-order valence-electron chi connectivity index (χ0n) is 12.8. The summed E-state index contributed by atoms with van der Waals surface area (Å²) in [5.74, 6) is 0. The van der Waals surface area contributed by atoms with E-state index in [-0.39, 0.29) is 0 Å². The number of hydrogen-bond acceptors (Lipinski definition) is 3. The molecule has 3 heterocycles. The van der Waals surface area contributed by atoms with Crippen molar-refractivity contribution in [3.63, 3.8) is 0 Å². The van der Waals surface area contributed by atoms with Crippen LogP contribution in [-0.4, -0.2) is 45.2 Å². The summed E-state index contributed by atoms with van der Waals surface area (Å²) in [6.07, 6.45) is 12.7. The molecule has 2 bridgehead atoms. The molecule has 2 aliphatic rings. The van der Waals surface area contributed by atoms with Gasteiger partial charge in [0.2, 0.25) is 0 Å². The second kappa shape index (κ2) is 6.27. The van der Waals surface area contributed by atoms with Gasteiger partial charge in [-0.2, -0.15) is 0 Å². The summed E-state index contributed by atoms with van der Waals surface area (Å²) in [6, 6.07) is 2.92. The van der Waals surface area contributed by atoms with Gasteiger partial charge in [-0.25, -0.2) is 4.98 Å². The number of aromatic nitrogens is 2. The molecule has 0 radical (unpaired) electrons. The highest BCUT2D eigenvalue weighted by atomic mass is 15.3. The van der Waals surface area contributed by atoms with Crippen LogP contribution < -0.4 is 5.32 Å². The molecule has 3 rings (SSSR count). The molecule has 0 saturated carbocycles. The summed E-state index contributed by atoms with van der Waals surface area (Å²) < 4.78 is 2.22. The lowest BCUT2D eigenvalue weighted by atomic mass is 9.80. The number of nitrogens with zero attached hydrogens (tertiary/aromatic N) is 3. The van der Waals surface area contributed by atoms with Crippen molar-refractivity contribution >= 4 is 0 Å². The predicted octanol–water partition coefficient (Wildman–Crippen LogP) is 2.27. The summed E-state index contributed by atoms with van der Waals surface area (Å²) in [6.45, 7) is 6.79. The molecule has 1 aromatic rings. The quantitative estimate of drug-likeness (QED) is 0.895. The second-order valence-corrected chi connectivity index (χ2v) is 6.52. The Morgan fingerprint density at radius 2 is 2.05 bits per heavy atom. The first-order valence-corrected chi connectivity index (χ1v) is 8.24. The van der Waals surface area contributed by atoms with Crippen molar-refractivity contribution in [3.05, 3.63) is 18.7 Å². The highest BCUT2D eigenvalue weighted by Crippen LogP contribution is 2.35. The molecular formula is C16H28N4. The van der Waals surface area contributed by atoms with Gasteiger partial charge in [-0.15, -0.1) is 0 Å². The molecule has 1 aromatic heterocycles. The molecule has 2 saturated heterocycles. The van der Waals surface area contributed by atoms with E-state index in [2.05, 4.69) is 39.8 Å². The van der Waals surface area contributed by atoms with E-state index >= 15 is 0 Å². The first-order valence-electron chi connectivity index (χ1n) is 8.24. The number of rotatable bonds is 5. The van der Waals surface area contributed by atoms with Crippen molar-refractivity contribution in [1.82, 2.24) is 19.8 Å². The SMILES string of the molecule is CCNC1CC2CCCC(C1)N2C(C)Cn1ccnc1. The third-order valence-corrected chi connectivity index (χ3v) is 5.07. The molecule has 4 nitrogen and oxygen atoms in total. The minimum atomic E-state index is 0.613. The van der Waals surface area contributed by atoms with Gasteiger partial charge < -0.3 is 9.88 Å². The van der Waals surface area contributed by atoms with Gasteiger partial charge in [0.15, 0.2) is 0 Å². The van der Waals surface area contributed by atoms with E-state index in [0.29, 0.717) is 6.04 Å². The summed E-state index contributed by atoms with van der Waals surface area (Å²) >= 11 is 0. The summed E-state index contributed by atoms with van der Waals surface area (Å²) in [7, 11) is 0. The van der Waals surface area contributed by atoms with Gasteiger partial charge in [0.25, 0.3) is 0 Å². The van der Waals surface area contributed by atoms with Crippen LogP contribution in [0.25, 0.3) is 0 Å². The van der Waals surface area contributed by atoms with Gasteiger partial charge in [0, 0.05) is 43.1 Å². The van der Waals surface area contributed by atoms with Gasteiger partial charge in [0.05, 0.1) is 6.33 Å². The van der Waals surface area contributed by atoms with Crippen molar-refractivity contribution in [3.8, 4) is 0 Å². The van der Waals surface area contributed by atoms with Crippen molar-refractivity contribution < 1.29 is 0 Å². The van der Waals surface area contributed by atoms with Crippen molar-refractivity contribution in [1.29, 1.82) is 0 Å². The van der Waals surface area contributed by atoms with Crippen molar-refractivity contribution in [2.45, 2.75) is 76.7 Å². The molecule has 1 N–H and O–H groups in total.